The largest absolute Gasteiger partial charge is 0.292 e. The third kappa shape index (κ3) is 3.74. The molecule has 0 heterocycles. The minimum Gasteiger partial charge on any atom is -0.292 e. The van der Waals surface area contributed by atoms with Gasteiger partial charge in [0, 0.05) is 12.6 Å². The molecule has 0 amide bonds. The molecule has 0 fully saturated rings. The molecule has 2 aromatic rings. The molecule has 0 bridgehead atoms. The van der Waals surface area contributed by atoms with Crippen LogP contribution in [0.3, 0.4) is 0 Å². The molecule has 1 atom stereocenters. The Balaban J connectivity index is 2.25. The number of hydrogen-bond donors (Lipinski definition) is 0. The molecule has 0 saturated carbocycles. The van der Waals surface area contributed by atoms with Gasteiger partial charge in [-0.2, -0.15) is 4.31 Å². The van der Waals surface area contributed by atoms with E-state index in [4.69, 9.17) is 0 Å². The molecule has 1 unspecified atom stereocenters. The summed E-state index contributed by atoms with van der Waals surface area (Å²) in [6.07, 6.45) is 0.846. The predicted octanol–water partition coefficient (Wildman–Crippen LogP) is 3.45. The lowest BCUT2D eigenvalue weighted by atomic mass is 10.0. The van der Waals surface area contributed by atoms with Crippen LogP contribution in [0.4, 0.5) is 0 Å². The number of rotatable bonds is 6. The Bertz CT molecular complexity index is 809. The van der Waals surface area contributed by atoms with Gasteiger partial charge in [0.2, 0.25) is 10.0 Å². The van der Waals surface area contributed by atoms with Crippen LogP contribution in [-0.2, 0) is 16.4 Å². The topological polar surface area (TPSA) is 54.5 Å². The van der Waals surface area contributed by atoms with E-state index in [0.717, 1.165) is 21.9 Å². The molecule has 0 N–H and O–H groups in total. The summed E-state index contributed by atoms with van der Waals surface area (Å²) in [5.74, 6) is -0.216. The first-order valence-electron chi connectivity index (χ1n) is 7.95. The van der Waals surface area contributed by atoms with Gasteiger partial charge in [-0.25, -0.2) is 8.42 Å². The second kappa shape index (κ2) is 7.28. The fraction of sp³-hybridized carbons (Fsp3) is 0.316. The first-order chi connectivity index (χ1) is 11.3. The van der Waals surface area contributed by atoms with Crippen molar-refractivity contribution in [2.75, 3.05) is 7.05 Å². The number of Topliss-reactive ketones (excluding diaryl/α,β-unsaturated/α-hetero) is 1. The van der Waals surface area contributed by atoms with Crippen molar-refractivity contribution in [1.82, 2.24) is 4.31 Å². The minimum atomic E-state index is -3.71. The van der Waals surface area contributed by atoms with Gasteiger partial charge in [-0.3, -0.25) is 4.79 Å². The Morgan fingerprint density at radius 2 is 1.58 bits per heavy atom. The van der Waals surface area contributed by atoms with Crippen molar-refractivity contribution in [2.45, 2.75) is 38.1 Å². The maximum atomic E-state index is 12.7. The van der Waals surface area contributed by atoms with E-state index < -0.39 is 16.1 Å². The van der Waals surface area contributed by atoms with E-state index in [1.165, 1.54) is 7.05 Å². The maximum Gasteiger partial charge on any atom is 0.243 e. The molecule has 2 rings (SSSR count). The van der Waals surface area contributed by atoms with Gasteiger partial charge >= 0.3 is 0 Å². The molecule has 0 aliphatic carbocycles. The molecule has 0 spiro atoms. The summed E-state index contributed by atoms with van der Waals surface area (Å²) >= 11 is 0. The number of aryl methyl sites for hydroxylation is 2. The molecule has 128 valence electrons. The van der Waals surface area contributed by atoms with Crippen molar-refractivity contribution in [3.8, 4) is 0 Å². The molecule has 0 aromatic heterocycles. The molecule has 0 aliphatic heterocycles. The van der Waals surface area contributed by atoms with Gasteiger partial charge < -0.3 is 0 Å². The molecule has 0 aliphatic rings. The third-order valence-corrected chi connectivity index (χ3v) is 6.21. The summed E-state index contributed by atoms with van der Waals surface area (Å²) in [4.78, 5) is 12.8. The number of sulfonamides is 1. The van der Waals surface area contributed by atoms with Crippen LogP contribution in [0.5, 0.6) is 0 Å². The van der Waals surface area contributed by atoms with Gasteiger partial charge in [0.05, 0.1) is 10.9 Å². The minimum absolute atomic E-state index is 0.200. The van der Waals surface area contributed by atoms with Gasteiger partial charge in [0.15, 0.2) is 5.78 Å². The molecule has 5 heteroatoms. The lowest BCUT2D eigenvalue weighted by molar-refractivity contribution is 0.0919. The van der Waals surface area contributed by atoms with E-state index in [2.05, 4.69) is 0 Å². The van der Waals surface area contributed by atoms with E-state index in [9.17, 15) is 13.2 Å². The molecular formula is C19H23NO3S. The van der Waals surface area contributed by atoms with Crippen LogP contribution in [0, 0.1) is 6.92 Å². The van der Waals surface area contributed by atoms with Gasteiger partial charge in [-0.05, 0) is 38.0 Å². The highest BCUT2D eigenvalue weighted by molar-refractivity contribution is 7.89. The van der Waals surface area contributed by atoms with Crippen molar-refractivity contribution in [2.24, 2.45) is 0 Å². The highest BCUT2D eigenvalue weighted by atomic mass is 32.2. The zero-order chi connectivity index (χ0) is 17.9. The second-order valence-corrected chi connectivity index (χ2v) is 7.92. The zero-order valence-electron chi connectivity index (χ0n) is 14.5. The van der Waals surface area contributed by atoms with Crippen LogP contribution in [0.2, 0.25) is 0 Å². The third-order valence-electron chi connectivity index (χ3n) is 4.27. The van der Waals surface area contributed by atoms with Crippen LogP contribution in [0.1, 0.15) is 35.3 Å². The van der Waals surface area contributed by atoms with Gasteiger partial charge in [0.25, 0.3) is 0 Å². The van der Waals surface area contributed by atoms with Crippen molar-refractivity contribution in [1.29, 1.82) is 0 Å². The number of carbonyl (C=O) groups excluding carboxylic acids is 1. The quantitative estimate of drug-likeness (QED) is 0.754. The standard InChI is InChI=1S/C19H23NO3S/c1-5-16-8-12-18(13-9-16)24(22,23)20(4)15(3)19(21)17-10-6-14(2)7-11-17/h6-13,15H,5H2,1-4H3. The van der Waals surface area contributed by atoms with Crippen molar-refractivity contribution in [3.63, 3.8) is 0 Å². The van der Waals surface area contributed by atoms with E-state index in [1.807, 2.05) is 26.0 Å². The Morgan fingerprint density at radius 3 is 2.08 bits per heavy atom. The Labute approximate surface area is 144 Å². The molecule has 0 saturated heterocycles. The van der Waals surface area contributed by atoms with E-state index in [-0.39, 0.29) is 10.7 Å². The molecular weight excluding hydrogens is 322 g/mol. The van der Waals surface area contributed by atoms with Crippen LogP contribution < -0.4 is 0 Å². The van der Waals surface area contributed by atoms with Crippen molar-refractivity contribution in [3.05, 3.63) is 65.2 Å². The average Bonchev–Trinajstić information content (AvgIpc) is 2.60. The lowest BCUT2D eigenvalue weighted by Gasteiger charge is -2.23. The Hall–Kier alpha value is -1.98. The monoisotopic (exact) mass is 345 g/mol. The summed E-state index contributed by atoms with van der Waals surface area (Å²) in [7, 11) is -2.27. The number of ketones is 1. The fourth-order valence-corrected chi connectivity index (χ4v) is 3.72. The number of hydrogen-bond acceptors (Lipinski definition) is 3. The average molecular weight is 345 g/mol. The van der Waals surface area contributed by atoms with E-state index >= 15 is 0 Å². The summed E-state index contributed by atoms with van der Waals surface area (Å²) in [5, 5.41) is 0. The van der Waals surface area contributed by atoms with Crippen molar-refractivity contribution >= 4 is 15.8 Å². The number of carbonyl (C=O) groups is 1. The predicted molar refractivity (Wildman–Crippen MR) is 95.7 cm³/mol. The molecule has 0 radical (unpaired) electrons. The second-order valence-electron chi connectivity index (χ2n) is 5.93. The summed E-state index contributed by atoms with van der Waals surface area (Å²) in [5.41, 5.74) is 2.63. The van der Waals surface area contributed by atoms with Gasteiger partial charge in [0.1, 0.15) is 0 Å². The number of likely N-dealkylation sites (N-methyl/N-ethyl adjacent to an activating group) is 1. The molecule has 2 aromatic carbocycles. The van der Waals surface area contributed by atoms with E-state index in [0.29, 0.717) is 5.56 Å². The number of benzene rings is 2. The molecule has 24 heavy (non-hydrogen) atoms. The fourth-order valence-electron chi connectivity index (χ4n) is 2.40. The first-order valence-corrected chi connectivity index (χ1v) is 9.39. The summed E-state index contributed by atoms with van der Waals surface area (Å²) < 4.78 is 26.6. The highest BCUT2D eigenvalue weighted by Crippen LogP contribution is 2.19. The smallest absolute Gasteiger partial charge is 0.243 e. The summed E-state index contributed by atoms with van der Waals surface area (Å²) in [6, 6.07) is 13.1. The zero-order valence-corrected chi connectivity index (χ0v) is 15.3. The van der Waals surface area contributed by atoms with Crippen LogP contribution in [-0.4, -0.2) is 31.6 Å². The lowest BCUT2D eigenvalue weighted by Crippen LogP contribution is -2.40. The SMILES string of the molecule is CCc1ccc(S(=O)(=O)N(C)C(C)C(=O)c2ccc(C)cc2)cc1. The first kappa shape index (κ1) is 18.4. The molecule has 4 nitrogen and oxygen atoms in total. The maximum absolute atomic E-state index is 12.7. The summed E-state index contributed by atoms with van der Waals surface area (Å²) in [6.45, 7) is 5.56. The normalized spacial score (nSPS) is 13.0. The Kier molecular flexibility index (Phi) is 5.57. The van der Waals surface area contributed by atoms with Crippen LogP contribution >= 0.6 is 0 Å². The highest BCUT2D eigenvalue weighted by Gasteiger charge is 2.30. The van der Waals surface area contributed by atoms with Crippen LogP contribution in [0.15, 0.2) is 53.4 Å². The van der Waals surface area contributed by atoms with Gasteiger partial charge in [-0.15, -0.1) is 0 Å². The number of nitrogens with zero attached hydrogens (tertiary/aromatic N) is 1. The van der Waals surface area contributed by atoms with Gasteiger partial charge in [-0.1, -0.05) is 48.9 Å². The van der Waals surface area contributed by atoms with E-state index in [1.54, 1.807) is 43.3 Å². The Morgan fingerprint density at radius 1 is 1.04 bits per heavy atom. The van der Waals surface area contributed by atoms with Crippen molar-refractivity contribution < 1.29 is 13.2 Å². The van der Waals surface area contributed by atoms with Crippen LogP contribution in [0.25, 0.3) is 0 Å².